The number of benzene rings is 1. The molecule has 2 fully saturated rings. The first-order valence-corrected chi connectivity index (χ1v) is 8.94. The third-order valence-corrected chi connectivity index (χ3v) is 5.31. The average Bonchev–Trinajstić information content (AvgIpc) is 3.20. The van der Waals surface area contributed by atoms with E-state index in [0.29, 0.717) is 25.4 Å². The van der Waals surface area contributed by atoms with Crippen LogP contribution in [0.4, 0.5) is 5.69 Å². The highest BCUT2D eigenvalue weighted by Gasteiger charge is 2.42. The van der Waals surface area contributed by atoms with Crippen LogP contribution in [-0.4, -0.2) is 42.4 Å². The minimum absolute atomic E-state index is 0.0331. The van der Waals surface area contributed by atoms with E-state index in [1.165, 1.54) is 5.56 Å². The number of hydrogen-bond donors (Lipinski definition) is 1. The summed E-state index contributed by atoms with van der Waals surface area (Å²) in [7, 11) is 0. The number of hydrogen-bond acceptors (Lipinski definition) is 3. The zero-order chi connectivity index (χ0) is 17.3. The van der Waals surface area contributed by atoms with Gasteiger partial charge < -0.3 is 15.5 Å². The summed E-state index contributed by atoms with van der Waals surface area (Å²) in [6.45, 7) is 6.11. The van der Waals surface area contributed by atoms with E-state index in [9.17, 15) is 9.59 Å². The van der Waals surface area contributed by atoms with Crippen molar-refractivity contribution in [1.82, 2.24) is 4.90 Å². The molecule has 0 saturated carbocycles. The van der Waals surface area contributed by atoms with Crippen molar-refractivity contribution in [1.29, 1.82) is 0 Å². The van der Waals surface area contributed by atoms with Crippen molar-refractivity contribution in [3.05, 3.63) is 29.8 Å². The van der Waals surface area contributed by atoms with Gasteiger partial charge in [-0.2, -0.15) is 0 Å². The van der Waals surface area contributed by atoms with Crippen LogP contribution in [-0.2, 0) is 9.59 Å². The first-order chi connectivity index (χ1) is 11.5. The SMILES string of the molecule is CC(C)c1ccc(N2CCC(C(=O)N3CCCC3CN)C2=O)cc1. The zero-order valence-electron chi connectivity index (χ0n) is 14.6. The van der Waals surface area contributed by atoms with Crippen LogP contribution in [0.1, 0.15) is 44.6 Å². The van der Waals surface area contributed by atoms with Gasteiger partial charge in [0.2, 0.25) is 11.8 Å². The summed E-state index contributed by atoms with van der Waals surface area (Å²) in [6.07, 6.45) is 2.52. The lowest BCUT2D eigenvalue weighted by atomic mass is 10.0. The Kier molecular flexibility index (Phi) is 4.90. The van der Waals surface area contributed by atoms with Crippen LogP contribution in [0.3, 0.4) is 0 Å². The molecule has 2 amide bonds. The molecule has 5 nitrogen and oxygen atoms in total. The van der Waals surface area contributed by atoms with Crippen molar-refractivity contribution < 1.29 is 9.59 Å². The molecule has 2 N–H and O–H groups in total. The Morgan fingerprint density at radius 1 is 1.21 bits per heavy atom. The number of amides is 2. The summed E-state index contributed by atoms with van der Waals surface area (Å²) in [4.78, 5) is 29.1. The lowest BCUT2D eigenvalue weighted by molar-refractivity contribution is -0.140. The van der Waals surface area contributed by atoms with Crippen molar-refractivity contribution in [3.8, 4) is 0 Å². The van der Waals surface area contributed by atoms with Gasteiger partial charge in [-0.05, 0) is 42.9 Å². The Morgan fingerprint density at radius 2 is 1.92 bits per heavy atom. The standard InChI is InChI=1S/C19H27N3O2/c1-13(2)14-5-7-15(8-6-14)22-11-9-17(19(22)24)18(23)21-10-3-4-16(21)12-20/h5-8,13,16-17H,3-4,9-12,20H2,1-2H3. The van der Waals surface area contributed by atoms with E-state index in [-0.39, 0.29) is 17.9 Å². The number of carbonyl (C=O) groups excluding carboxylic acids is 2. The van der Waals surface area contributed by atoms with Gasteiger partial charge in [0.25, 0.3) is 0 Å². The Hall–Kier alpha value is -1.88. The molecule has 0 radical (unpaired) electrons. The van der Waals surface area contributed by atoms with Gasteiger partial charge in [0.15, 0.2) is 0 Å². The molecule has 2 aliphatic heterocycles. The average molecular weight is 329 g/mol. The molecule has 1 aromatic carbocycles. The molecule has 130 valence electrons. The van der Waals surface area contributed by atoms with Gasteiger partial charge in [-0.3, -0.25) is 9.59 Å². The van der Waals surface area contributed by atoms with Crippen LogP contribution in [0.2, 0.25) is 0 Å². The van der Waals surface area contributed by atoms with Crippen LogP contribution in [0.15, 0.2) is 24.3 Å². The first-order valence-electron chi connectivity index (χ1n) is 8.94. The topological polar surface area (TPSA) is 66.6 Å². The number of nitrogens with two attached hydrogens (primary N) is 1. The molecule has 24 heavy (non-hydrogen) atoms. The molecule has 3 rings (SSSR count). The molecular formula is C19H27N3O2. The van der Waals surface area contributed by atoms with Crippen LogP contribution in [0.25, 0.3) is 0 Å². The minimum atomic E-state index is -0.540. The van der Waals surface area contributed by atoms with Gasteiger partial charge >= 0.3 is 0 Å². The third-order valence-electron chi connectivity index (χ3n) is 5.31. The fourth-order valence-electron chi connectivity index (χ4n) is 3.78. The van der Waals surface area contributed by atoms with Gasteiger partial charge in [0.1, 0.15) is 5.92 Å². The number of likely N-dealkylation sites (tertiary alicyclic amines) is 1. The fraction of sp³-hybridized carbons (Fsp3) is 0.579. The Balaban J connectivity index is 1.71. The number of anilines is 1. The molecule has 0 bridgehead atoms. The van der Waals surface area contributed by atoms with Crippen LogP contribution in [0, 0.1) is 5.92 Å². The lowest BCUT2D eigenvalue weighted by Crippen LogP contribution is -2.45. The largest absolute Gasteiger partial charge is 0.338 e. The van der Waals surface area contributed by atoms with Crippen LogP contribution < -0.4 is 10.6 Å². The fourth-order valence-corrected chi connectivity index (χ4v) is 3.78. The molecule has 2 heterocycles. The summed E-state index contributed by atoms with van der Waals surface area (Å²) >= 11 is 0. The van der Waals surface area contributed by atoms with E-state index in [1.807, 2.05) is 17.0 Å². The van der Waals surface area contributed by atoms with Crippen LogP contribution >= 0.6 is 0 Å². The quantitative estimate of drug-likeness (QED) is 0.860. The molecule has 2 atom stereocenters. The second-order valence-corrected chi connectivity index (χ2v) is 7.14. The second-order valence-electron chi connectivity index (χ2n) is 7.14. The highest BCUT2D eigenvalue weighted by molar-refractivity contribution is 6.09. The van der Waals surface area contributed by atoms with Gasteiger partial charge in [0.05, 0.1) is 0 Å². The minimum Gasteiger partial charge on any atom is -0.338 e. The second kappa shape index (κ2) is 6.93. The van der Waals surface area contributed by atoms with E-state index >= 15 is 0 Å². The van der Waals surface area contributed by atoms with E-state index in [1.54, 1.807) is 4.90 Å². The summed E-state index contributed by atoms with van der Waals surface area (Å²) in [6, 6.07) is 8.20. The maximum absolute atomic E-state index is 12.8. The predicted molar refractivity (Wildman–Crippen MR) is 94.8 cm³/mol. The monoisotopic (exact) mass is 329 g/mol. The predicted octanol–water partition coefficient (Wildman–Crippen LogP) is 2.11. The van der Waals surface area contributed by atoms with E-state index in [2.05, 4.69) is 26.0 Å². The van der Waals surface area contributed by atoms with Crippen molar-refractivity contribution in [2.45, 2.75) is 45.1 Å². The molecule has 2 unspecified atom stereocenters. The summed E-state index contributed by atoms with van der Waals surface area (Å²) in [5.41, 5.74) is 7.90. The maximum Gasteiger partial charge on any atom is 0.239 e. The molecule has 0 spiro atoms. The summed E-state index contributed by atoms with van der Waals surface area (Å²) < 4.78 is 0. The molecular weight excluding hydrogens is 302 g/mol. The highest BCUT2D eigenvalue weighted by atomic mass is 16.2. The summed E-state index contributed by atoms with van der Waals surface area (Å²) in [5, 5.41) is 0. The molecule has 1 aromatic rings. The molecule has 2 saturated heterocycles. The van der Waals surface area contributed by atoms with Crippen LogP contribution in [0.5, 0.6) is 0 Å². The summed E-state index contributed by atoms with van der Waals surface area (Å²) in [5.74, 6) is -0.179. The molecule has 5 heteroatoms. The van der Waals surface area contributed by atoms with Crippen molar-refractivity contribution >= 4 is 17.5 Å². The molecule has 0 aromatic heterocycles. The van der Waals surface area contributed by atoms with Gasteiger partial charge in [-0.15, -0.1) is 0 Å². The van der Waals surface area contributed by atoms with E-state index < -0.39 is 5.92 Å². The highest BCUT2D eigenvalue weighted by Crippen LogP contribution is 2.29. The Morgan fingerprint density at radius 3 is 2.54 bits per heavy atom. The number of carbonyl (C=O) groups is 2. The van der Waals surface area contributed by atoms with Crippen molar-refractivity contribution in [3.63, 3.8) is 0 Å². The maximum atomic E-state index is 12.8. The molecule has 2 aliphatic rings. The van der Waals surface area contributed by atoms with E-state index in [0.717, 1.165) is 25.1 Å². The van der Waals surface area contributed by atoms with Gasteiger partial charge in [0, 0.05) is 31.4 Å². The Labute approximate surface area is 143 Å². The third kappa shape index (κ3) is 3.05. The van der Waals surface area contributed by atoms with Gasteiger partial charge in [-0.1, -0.05) is 26.0 Å². The first kappa shape index (κ1) is 17.0. The van der Waals surface area contributed by atoms with Gasteiger partial charge in [-0.25, -0.2) is 0 Å². The Bertz CT molecular complexity index is 612. The zero-order valence-corrected chi connectivity index (χ0v) is 14.6. The van der Waals surface area contributed by atoms with Crippen molar-refractivity contribution in [2.24, 2.45) is 11.7 Å². The number of rotatable bonds is 4. The van der Waals surface area contributed by atoms with E-state index in [4.69, 9.17) is 5.73 Å². The lowest BCUT2D eigenvalue weighted by Gasteiger charge is -2.26. The smallest absolute Gasteiger partial charge is 0.239 e. The number of nitrogens with zero attached hydrogens (tertiary/aromatic N) is 2. The normalized spacial score (nSPS) is 24.2. The van der Waals surface area contributed by atoms with Crippen molar-refractivity contribution in [2.75, 3.05) is 24.5 Å². The molecule has 0 aliphatic carbocycles.